The topological polar surface area (TPSA) is 89.7 Å². The maximum Gasteiger partial charge on any atom is 0.278 e. The third-order valence-corrected chi connectivity index (χ3v) is 7.84. The lowest BCUT2D eigenvalue weighted by molar-refractivity contribution is 0.493. The van der Waals surface area contributed by atoms with Crippen molar-refractivity contribution >= 4 is 22.7 Å². The molecule has 2 aliphatic carbocycles. The van der Waals surface area contributed by atoms with E-state index in [2.05, 4.69) is 38.8 Å². The van der Waals surface area contributed by atoms with Crippen LogP contribution in [0.4, 0.5) is 16.0 Å². The Morgan fingerprint density at radius 2 is 1.95 bits per heavy atom. The SMILES string of the molecule is CC(C)(C)c1nc(-n2c3nc(Nc4ccc5c(c4)CNCC54CC4)ncc3c(=O)n2C2CC2)ccc1F. The molecule has 2 N–H and O–H groups in total. The third-order valence-electron chi connectivity index (χ3n) is 7.84. The van der Waals surface area contributed by atoms with Crippen LogP contribution in [0.2, 0.25) is 0 Å². The van der Waals surface area contributed by atoms with Gasteiger partial charge in [0, 0.05) is 35.8 Å². The van der Waals surface area contributed by atoms with Gasteiger partial charge in [0.15, 0.2) is 11.5 Å². The molecule has 0 amide bonds. The molecule has 0 bridgehead atoms. The second kappa shape index (κ2) is 7.71. The summed E-state index contributed by atoms with van der Waals surface area (Å²) >= 11 is 0. The molecule has 4 heterocycles. The first-order valence-electron chi connectivity index (χ1n) is 13.0. The molecule has 2 saturated carbocycles. The van der Waals surface area contributed by atoms with Gasteiger partial charge in [-0.2, -0.15) is 4.98 Å². The number of nitrogens with zero attached hydrogens (tertiary/aromatic N) is 5. The Hall–Kier alpha value is -3.59. The van der Waals surface area contributed by atoms with Gasteiger partial charge in [0.2, 0.25) is 5.95 Å². The van der Waals surface area contributed by atoms with Crippen molar-refractivity contribution in [2.45, 2.75) is 69.9 Å². The number of pyridine rings is 1. The average molecular weight is 500 g/mol. The van der Waals surface area contributed by atoms with E-state index in [0.29, 0.717) is 33.9 Å². The summed E-state index contributed by atoms with van der Waals surface area (Å²) in [6, 6.07) is 9.57. The van der Waals surface area contributed by atoms with E-state index in [1.807, 2.05) is 20.8 Å². The summed E-state index contributed by atoms with van der Waals surface area (Å²) in [7, 11) is 0. The zero-order chi connectivity index (χ0) is 25.5. The third kappa shape index (κ3) is 3.67. The Morgan fingerprint density at radius 1 is 1.14 bits per heavy atom. The van der Waals surface area contributed by atoms with Gasteiger partial charge in [0.1, 0.15) is 11.2 Å². The Kier molecular flexibility index (Phi) is 4.71. The smallest absolute Gasteiger partial charge is 0.278 e. The quantitative estimate of drug-likeness (QED) is 0.426. The van der Waals surface area contributed by atoms with Crippen molar-refractivity contribution in [1.29, 1.82) is 0 Å². The lowest BCUT2D eigenvalue weighted by atomic mass is 9.88. The number of anilines is 2. The first-order chi connectivity index (χ1) is 17.7. The van der Waals surface area contributed by atoms with Crippen molar-refractivity contribution in [3.63, 3.8) is 0 Å². The number of rotatable bonds is 4. The van der Waals surface area contributed by atoms with Crippen LogP contribution in [0.1, 0.15) is 69.3 Å². The Balaban J connectivity index is 1.33. The molecular formula is C28H30FN7O. The molecule has 8 nitrogen and oxygen atoms in total. The highest BCUT2D eigenvalue weighted by atomic mass is 19.1. The first kappa shape index (κ1) is 22.6. The lowest BCUT2D eigenvalue weighted by Gasteiger charge is -2.26. The van der Waals surface area contributed by atoms with Crippen LogP contribution in [0.25, 0.3) is 16.9 Å². The highest BCUT2D eigenvalue weighted by Gasteiger charge is 2.46. The molecule has 3 aliphatic rings. The molecule has 37 heavy (non-hydrogen) atoms. The molecular weight excluding hydrogens is 469 g/mol. The molecule has 1 spiro atoms. The van der Waals surface area contributed by atoms with Gasteiger partial charge in [-0.15, -0.1) is 0 Å². The normalized spacial score (nSPS) is 18.3. The Bertz CT molecular complexity index is 1620. The molecule has 7 rings (SSSR count). The minimum atomic E-state index is -0.490. The van der Waals surface area contributed by atoms with Crippen LogP contribution in [0.15, 0.2) is 41.3 Å². The van der Waals surface area contributed by atoms with Gasteiger partial charge in [-0.05, 0) is 61.1 Å². The molecule has 9 heteroatoms. The van der Waals surface area contributed by atoms with E-state index in [1.165, 1.54) is 30.0 Å². The highest BCUT2D eigenvalue weighted by molar-refractivity contribution is 5.77. The van der Waals surface area contributed by atoms with Crippen molar-refractivity contribution < 1.29 is 4.39 Å². The zero-order valence-corrected chi connectivity index (χ0v) is 21.3. The van der Waals surface area contributed by atoms with Gasteiger partial charge < -0.3 is 10.6 Å². The fourth-order valence-electron chi connectivity index (χ4n) is 5.60. The average Bonchev–Trinajstić information content (AvgIpc) is 3.79. The van der Waals surface area contributed by atoms with Crippen LogP contribution in [0.3, 0.4) is 0 Å². The van der Waals surface area contributed by atoms with Crippen molar-refractivity contribution in [2.24, 2.45) is 0 Å². The Morgan fingerprint density at radius 3 is 2.68 bits per heavy atom. The van der Waals surface area contributed by atoms with Gasteiger partial charge in [-0.3, -0.25) is 4.79 Å². The molecule has 2 fully saturated rings. The van der Waals surface area contributed by atoms with E-state index in [4.69, 9.17) is 4.98 Å². The summed E-state index contributed by atoms with van der Waals surface area (Å²) in [5.41, 5.74) is 4.14. The second-order valence-electron chi connectivity index (χ2n) is 11.8. The predicted molar refractivity (Wildman–Crippen MR) is 140 cm³/mol. The van der Waals surface area contributed by atoms with Gasteiger partial charge >= 0.3 is 0 Å². The number of fused-ring (bicyclic) bond motifs is 3. The molecule has 0 atom stereocenters. The van der Waals surface area contributed by atoms with E-state index in [9.17, 15) is 9.18 Å². The number of nitrogens with one attached hydrogen (secondary N) is 2. The van der Waals surface area contributed by atoms with Crippen molar-refractivity contribution in [3.05, 3.63) is 69.5 Å². The van der Waals surface area contributed by atoms with Crippen LogP contribution in [0, 0.1) is 5.82 Å². The summed E-state index contributed by atoms with van der Waals surface area (Å²) in [5, 5.41) is 7.30. The molecule has 0 radical (unpaired) electrons. The highest BCUT2D eigenvalue weighted by Crippen LogP contribution is 2.50. The van der Waals surface area contributed by atoms with Crippen LogP contribution < -0.4 is 16.2 Å². The van der Waals surface area contributed by atoms with Crippen LogP contribution in [-0.4, -0.2) is 30.9 Å². The minimum absolute atomic E-state index is 0.0749. The van der Waals surface area contributed by atoms with Crippen LogP contribution in [-0.2, 0) is 17.4 Å². The number of aromatic nitrogens is 5. The van der Waals surface area contributed by atoms with E-state index in [1.54, 1.807) is 21.6 Å². The maximum absolute atomic E-state index is 14.7. The van der Waals surface area contributed by atoms with Gasteiger partial charge in [-0.1, -0.05) is 26.8 Å². The predicted octanol–water partition coefficient (Wildman–Crippen LogP) is 4.63. The fourth-order valence-corrected chi connectivity index (χ4v) is 5.60. The summed E-state index contributed by atoms with van der Waals surface area (Å²) in [6.45, 7) is 7.67. The summed E-state index contributed by atoms with van der Waals surface area (Å²) in [6.07, 6.45) is 5.88. The number of benzene rings is 1. The van der Waals surface area contributed by atoms with Gasteiger partial charge in [0.05, 0.1) is 11.7 Å². The van der Waals surface area contributed by atoms with Gasteiger partial charge in [-0.25, -0.2) is 23.7 Å². The summed E-state index contributed by atoms with van der Waals surface area (Å²) in [4.78, 5) is 27.3. The first-order valence-corrected chi connectivity index (χ1v) is 13.0. The largest absolute Gasteiger partial charge is 0.324 e. The molecule has 1 aromatic carbocycles. The summed E-state index contributed by atoms with van der Waals surface area (Å²) < 4.78 is 18.1. The van der Waals surface area contributed by atoms with Crippen molar-refractivity contribution in [1.82, 2.24) is 29.6 Å². The molecule has 4 aromatic rings. The lowest BCUT2D eigenvalue weighted by Crippen LogP contribution is -2.33. The van der Waals surface area contributed by atoms with Crippen LogP contribution >= 0.6 is 0 Å². The number of hydrogen-bond acceptors (Lipinski definition) is 6. The molecule has 0 saturated heterocycles. The monoisotopic (exact) mass is 499 g/mol. The molecule has 1 aliphatic heterocycles. The number of halogens is 1. The molecule has 190 valence electrons. The molecule has 3 aromatic heterocycles. The molecule has 0 unspecified atom stereocenters. The van der Waals surface area contributed by atoms with E-state index in [0.717, 1.165) is 31.6 Å². The van der Waals surface area contributed by atoms with E-state index >= 15 is 0 Å². The minimum Gasteiger partial charge on any atom is -0.324 e. The van der Waals surface area contributed by atoms with Gasteiger partial charge in [0.25, 0.3) is 5.56 Å². The zero-order valence-electron chi connectivity index (χ0n) is 21.3. The van der Waals surface area contributed by atoms with Crippen molar-refractivity contribution in [3.8, 4) is 5.82 Å². The second-order valence-corrected chi connectivity index (χ2v) is 11.8. The van der Waals surface area contributed by atoms with E-state index < -0.39 is 5.41 Å². The summed E-state index contributed by atoms with van der Waals surface area (Å²) in [5.74, 6) is 0.515. The number of hydrogen-bond donors (Lipinski definition) is 2. The Labute approximate surface area is 213 Å². The van der Waals surface area contributed by atoms with Crippen molar-refractivity contribution in [2.75, 3.05) is 11.9 Å². The standard InChI is InChI=1S/C28H30FN7O/c1-27(2,3)23-21(29)8-9-22(33-23)36-24-19(25(37)35(36)18-5-6-18)14-31-26(34-24)32-17-4-7-20-16(12-17)13-30-15-28(20)10-11-28/h4,7-9,12,14,18,30H,5-6,10-11,13,15H2,1-3H3,(H,31,32,34). The van der Waals surface area contributed by atoms with E-state index in [-0.39, 0.29) is 17.4 Å². The fraction of sp³-hybridized carbons (Fsp3) is 0.429. The maximum atomic E-state index is 14.7. The van der Waals surface area contributed by atoms with Crippen LogP contribution in [0.5, 0.6) is 0 Å².